The molecule has 1 aliphatic heterocycles. The second kappa shape index (κ2) is 7.47. The van der Waals surface area contributed by atoms with E-state index in [9.17, 15) is 4.79 Å². The van der Waals surface area contributed by atoms with E-state index >= 15 is 0 Å². The van der Waals surface area contributed by atoms with Gasteiger partial charge in [-0.2, -0.15) is 0 Å². The Bertz CT molecular complexity index is 698. The predicted molar refractivity (Wildman–Crippen MR) is 89.6 cm³/mol. The molecule has 6 heteroatoms. The van der Waals surface area contributed by atoms with E-state index < -0.39 is 0 Å². The summed E-state index contributed by atoms with van der Waals surface area (Å²) in [5.74, 6) is 2.43. The molecule has 1 unspecified atom stereocenters. The first kappa shape index (κ1) is 16.5. The highest BCUT2D eigenvalue weighted by Crippen LogP contribution is 2.23. The summed E-state index contributed by atoms with van der Waals surface area (Å²) in [4.78, 5) is 14.2. The summed E-state index contributed by atoms with van der Waals surface area (Å²) in [6, 6.07) is 7.47. The molecule has 1 aromatic heterocycles. The maximum atomic E-state index is 12.3. The number of nitrogens with zero attached hydrogens (tertiary/aromatic N) is 3. The number of carbonyl (C=O) groups is 1. The molecule has 1 aromatic carbocycles. The average molecular weight is 329 g/mol. The van der Waals surface area contributed by atoms with Gasteiger partial charge in [-0.25, -0.2) is 0 Å². The number of rotatable bonds is 5. The molecule has 1 aliphatic rings. The van der Waals surface area contributed by atoms with Gasteiger partial charge >= 0.3 is 0 Å². The lowest BCUT2D eigenvalue weighted by molar-refractivity contribution is -0.132. The molecular weight excluding hydrogens is 306 g/mol. The molecule has 1 saturated heterocycles. The number of methoxy groups -OCH3 is 1. The van der Waals surface area contributed by atoms with E-state index in [0.717, 1.165) is 30.8 Å². The van der Waals surface area contributed by atoms with Crippen LogP contribution >= 0.6 is 0 Å². The Morgan fingerprint density at radius 1 is 1.42 bits per heavy atom. The first-order valence-electron chi connectivity index (χ1n) is 8.40. The number of aryl methyl sites for hydroxylation is 1. The fourth-order valence-electron chi connectivity index (χ4n) is 3.02. The SMILES string of the molecule is COc1cccc(-c2nnc(CCC(=O)N3CCCC(C)C3)o2)c1. The van der Waals surface area contributed by atoms with E-state index in [4.69, 9.17) is 9.15 Å². The molecule has 0 saturated carbocycles. The number of ether oxygens (including phenoxy) is 1. The zero-order valence-electron chi connectivity index (χ0n) is 14.2. The van der Waals surface area contributed by atoms with Gasteiger partial charge in [0.2, 0.25) is 17.7 Å². The Morgan fingerprint density at radius 3 is 3.08 bits per heavy atom. The fraction of sp³-hybridized carbons (Fsp3) is 0.500. The molecule has 2 aromatic rings. The summed E-state index contributed by atoms with van der Waals surface area (Å²) in [7, 11) is 1.62. The minimum Gasteiger partial charge on any atom is -0.497 e. The van der Waals surface area contributed by atoms with Gasteiger partial charge < -0.3 is 14.1 Å². The number of hydrogen-bond donors (Lipinski definition) is 0. The van der Waals surface area contributed by atoms with Crippen molar-refractivity contribution in [2.45, 2.75) is 32.6 Å². The molecule has 1 atom stereocenters. The lowest BCUT2D eigenvalue weighted by atomic mass is 10.00. The summed E-state index contributed by atoms with van der Waals surface area (Å²) < 4.78 is 10.9. The van der Waals surface area contributed by atoms with Gasteiger partial charge in [0.1, 0.15) is 5.75 Å². The van der Waals surface area contributed by atoms with Gasteiger partial charge in [-0.1, -0.05) is 13.0 Å². The number of hydrogen-bond acceptors (Lipinski definition) is 5. The highest BCUT2D eigenvalue weighted by atomic mass is 16.5. The summed E-state index contributed by atoms with van der Waals surface area (Å²) in [5.41, 5.74) is 0.810. The Morgan fingerprint density at radius 2 is 2.29 bits per heavy atom. The Balaban J connectivity index is 1.58. The largest absolute Gasteiger partial charge is 0.497 e. The predicted octanol–water partition coefficient (Wildman–Crippen LogP) is 2.94. The van der Waals surface area contributed by atoms with Crippen LogP contribution in [0.4, 0.5) is 0 Å². The van der Waals surface area contributed by atoms with Crippen molar-refractivity contribution in [1.29, 1.82) is 0 Å². The first-order valence-corrected chi connectivity index (χ1v) is 8.40. The van der Waals surface area contributed by atoms with Crippen molar-refractivity contribution in [2.75, 3.05) is 20.2 Å². The van der Waals surface area contributed by atoms with E-state index in [1.54, 1.807) is 7.11 Å². The monoisotopic (exact) mass is 329 g/mol. The van der Waals surface area contributed by atoms with Gasteiger partial charge in [0, 0.05) is 31.5 Å². The maximum absolute atomic E-state index is 12.3. The van der Waals surface area contributed by atoms with Crippen LogP contribution in [0, 0.1) is 5.92 Å². The van der Waals surface area contributed by atoms with E-state index in [1.807, 2.05) is 29.2 Å². The Hall–Kier alpha value is -2.37. The molecule has 0 radical (unpaired) electrons. The van der Waals surface area contributed by atoms with Crippen LogP contribution in [0.15, 0.2) is 28.7 Å². The smallest absolute Gasteiger partial charge is 0.247 e. The second-order valence-electron chi connectivity index (χ2n) is 6.32. The minimum atomic E-state index is 0.169. The Kier molecular flexibility index (Phi) is 5.13. The lowest BCUT2D eigenvalue weighted by Crippen LogP contribution is -2.39. The van der Waals surface area contributed by atoms with E-state index in [2.05, 4.69) is 17.1 Å². The van der Waals surface area contributed by atoms with Crippen LogP contribution in [0.3, 0.4) is 0 Å². The number of aromatic nitrogens is 2. The molecule has 1 fully saturated rings. The van der Waals surface area contributed by atoms with Crippen molar-refractivity contribution in [3.63, 3.8) is 0 Å². The quantitative estimate of drug-likeness (QED) is 0.843. The van der Waals surface area contributed by atoms with Crippen LogP contribution in [-0.4, -0.2) is 41.2 Å². The number of piperidine rings is 1. The number of amides is 1. The number of likely N-dealkylation sites (tertiary alicyclic amines) is 1. The van der Waals surface area contributed by atoms with Crippen LogP contribution in [0.25, 0.3) is 11.5 Å². The van der Waals surface area contributed by atoms with E-state index in [0.29, 0.717) is 30.5 Å². The zero-order chi connectivity index (χ0) is 16.9. The van der Waals surface area contributed by atoms with Crippen molar-refractivity contribution >= 4 is 5.91 Å². The van der Waals surface area contributed by atoms with Gasteiger partial charge in [0.15, 0.2) is 0 Å². The second-order valence-corrected chi connectivity index (χ2v) is 6.32. The highest BCUT2D eigenvalue weighted by molar-refractivity contribution is 5.76. The molecule has 3 rings (SSSR count). The third-order valence-electron chi connectivity index (χ3n) is 4.35. The molecule has 24 heavy (non-hydrogen) atoms. The molecular formula is C18H23N3O3. The van der Waals surface area contributed by atoms with Gasteiger partial charge in [0.05, 0.1) is 7.11 Å². The van der Waals surface area contributed by atoms with Crippen molar-refractivity contribution < 1.29 is 13.9 Å². The fourth-order valence-corrected chi connectivity index (χ4v) is 3.02. The average Bonchev–Trinajstić information content (AvgIpc) is 3.09. The van der Waals surface area contributed by atoms with E-state index in [-0.39, 0.29) is 5.91 Å². The molecule has 2 heterocycles. The summed E-state index contributed by atoms with van der Waals surface area (Å²) in [5, 5.41) is 8.12. The summed E-state index contributed by atoms with van der Waals surface area (Å²) >= 11 is 0. The van der Waals surface area contributed by atoms with E-state index in [1.165, 1.54) is 6.42 Å². The zero-order valence-corrected chi connectivity index (χ0v) is 14.2. The van der Waals surface area contributed by atoms with Crippen LogP contribution in [0.1, 0.15) is 32.1 Å². The molecule has 0 aliphatic carbocycles. The lowest BCUT2D eigenvalue weighted by Gasteiger charge is -2.30. The number of carbonyl (C=O) groups excluding carboxylic acids is 1. The van der Waals surface area contributed by atoms with Crippen LogP contribution in [-0.2, 0) is 11.2 Å². The van der Waals surface area contributed by atoms with Crippen LogP contribution in [0.5, 0.6) is 5.75 Å². The van der Waals surface area contributed by atoms with Gasteiger partial charge in [-0.05, 0) is 37.0 Å². The summed E-state index contributed by atoms with van der Waals surface area (Å²) in [6.45, 7) is 3.91. The van der Waals surface area contributed by atoms with Crippen molar-refractivity contribution in [2.24, 2.45) is 5.92 Å². The third-order valence-corrected chi connectivity index (χ3v) is 4.35. The van der Waals surface area contributed by atoms with Crippen molar-refractivity contribution in [3.8, 4) is 17.2 Å². The first-order chi connectivity index (χ1) is 11.7. The van der Waals surface area contributed by atoms with Gasteiger partial charge in [0.25, 0.3) is 0 Å². The highest BCUT2D eigenvalue weighted by Gasteiger charge is 2.21. The molecule has 1 amide bonds. The topological polar surface area (TPSA) is 68.5 Å². The molecule has 128 valence electrons. The number of benzene rings is 1. The molecule has 0 N–H and O–H groups in total. The maximum Gasteiger partial charge on any atom is 0.247 e. The van der Waals surface area contributed by atoms with Crippen LogP contribution < -0.4 is 4.74 Å². The van der Waals surface area contributed by atoms with Crippen LogP contribution in [0.2, 0.25) is 0 Å². The third kappa shape index (κ3) is 3.93. The Labute approximate surface area is 141 Å². The standard InChI is InChI=1S/C18H23N3O3/c1-13-5-4-10-21(12-13)17(22)9-8-16-19-20-18(24-16)14-6-3-7-15(11-14)23-2/h3,6-7,11,13H,4-5,8-10,12H2,1-2H3. The van der Waals surface area contributed by atoms with Crippen molar-refractivity contribution in [3.05, 3.63) is 30.2 Å². The molecule has 0 bridgehead atoms. The molecule has 0 spiro atoms. The van der Waals surface area contributed by atoms with Gasteiger partial charge in [-0.15, -0.1) is 10.2 Å². The minimum absolute atomic E-state index is 0.169. The van der Waals surface area contributed by atoms with Crippen molar-refractivity contribution in [1.82, 2.24) is 15.1 Å². The molecule has 6 nitrogen and oxygen atoms in total. The van der Waals surface area contributed by atoms with Gasteiger partial charge in [-0.3, -0.25) is 4.79 Å². The normalized spacial score (nSPS) is 17.8. The summed E-state index contributed by atoms with van der Waals surface area (Å²) in [6.07, 6.45) is 3.18.